The molecule has 1 aliphatic rings. The summed E-state index contributed by atoms with van der Waals surface area (Å²) in [6.45, 7) is -0.00712. The maximum Gasteiger partial charge on any atom is 0.0777 e. The molecule has 0 aromatic carbocycles. The highest BCUT2D eigenvalue weighted by atomic mass is 16.3. The normalized spacial score (nSPS) is 20.5. The number of hydrogen-bond acceptors (Lipinski definition) is 6. The van der Waals surface area contributed by atoms with Crippen LogP contribution in [0.2, 0.25) is 0 Å². The molecule has 0 bridgehead atoms. The van der Waals surface area contributed by atoms with Crippen molar-refractivity contribution in [2.45, 2.75) is 25.0 Å². The molecule has 0 fully saturated rings. The summed E-state index contributed by atoms with van der Waals surface area (Å²) in [5, 5.41) is 36.9. The Hall–Kier alpha value is -0.950. The zero-order valence-electron chi connectivity index (χ0n) is 10.6. The molecule has 0 saturated heterocycles. The SMILES string of the molecule is CN1C=CN=C(C(CC(O)CO)CC(O)CO)C1. The number of rotatable bonds is 7. The molecule has 0 spiro atoms. The molecule has 0 saturated carbocycles. The maximum atomic E-state index is 9.53. The predicted octanol–water partition coefficient (Wildman–Crippen LogP) is -1.05. The third-order valence-electron chi connectivity index (χ3n) is 2.98. The van der Waals surface area contributed by atoms with Gasteiger partial charge in [0.2, 0.25) is 0 Å². The molecule has 2 unspecified atom stereocenters. The van der Waals surface area contributed by atoms with Crippen molar-refractivity contribution in [2.24, 2.45) is 10.9 Å². The van der Waals surface area contributed by atoms with Crippen LogP contribution in [0.15, 0.2) is 17.4 Å². The van der Waals surface area contributed by atoms with Crippen LogP contribution in [0.5, 0.6) is 0 Å². The second kappa shape index (κ2) is 7.48. The zero-order valence-corrected chi connectivity index (χ0v) is 10.6. The summed E-state index contributed by atoms with van der Waals surface area (Å²) in [6, 6.07) is 0. The Bertz CT molecular complexity index is 294. The fourth-order valence-electron chi connectivity index (χ4n) is 2.00. The van der Waals surface area contributed by atoms with Gasteiger partial charge in [0.05, 0.1) is 32.0 Å². The summed E-state index contributed by atoms with van der Waals surface area (Å²) >= 11 is 0. The molecule has 0 radical (unpaired) electrons. The molecule has 0 aromatic rings. The van der Waals surface area contributed by atoms with Crippen molar-refractivity contribution in [3.8, 4) is 0 Å². The number of aliphatic hydroxyl groups excluding tert-OH is 4. The summed E-state index contributed by atoms with van der Waals surface area (Å²) in [5.74, 6) is -0.151. The lowest BCUT2D eigenvalue weighted by Gasteiger charge is -2.27. The molecule has 6 nitrogen and oxygen atoms in total. The first-order chi connectivity index (χ1) is 8.56. The van der Waals surface area contributed by atoms with Gasteiger partial charge in [-0.2, -0.15) is 0 Å². The molecule has 0 aliphatic carbocycles. The minimum absolute atomic E-state index is 0.151. The molecular weight excluding hydrogens is 236 g/mol. The van der Waals surface area contributed by atoms with Crippen molar-refractivity contribution in [3.05, 3.63) is 12.4 Å². The Kier molecular flexibility index (Phi) is 6.28. The number of aliphatic imine (C=N–C) groups is 1. The van der Waals surface area contributed by atoms with Gasteiger partial charge >= 0.3 is 0 Å². The molecule has 0 aromatic heterocycles. The van der Waals surface area contributed by atoms with Crippen molar-refractivity contribution in [1.29, 1.82) is 0 Å². The Balaban J connectivity index is 2.69. The van der Waals surface area contributed by atoms with Crippen LogP contribution in [-0.2, 0) is 0 Å². The third-order valence-corrected chi connectivity index (χ3v) is 2.98. The molecule has 1 heterocycles. The first-order valence-corrected chi connectivity index (χ1v) is 6.08. The van der Waals surface area contributed by atoms with Crippen LogP contribution in [-0.4, -0.2) is 70.1 Å². The lowest BCUT2D eigenvalue weighted by Crippen LogP contribution is -2.34. The minimum Gasteiger partial charge on any atom is -0.394 e. The highest BCUT2D eigenvalue weighted by Crippen LogP contribution is 2.19. The Morgan fingerprint density at radius 3 is 2.22 bits per heavy atom. The molecule has 0 amide bonds. The molecule has 18 heavy (non-hydrogen) atoms. The third kappa shape index (κ3) is 4.73. The van der Waals surface area contributed by atoms with E-state index >= 15 is 0 Å². The standard InChI is InChI=1S/C12H22N2O4/c1-14-3-2-13-12(6-14)9(4-10(17)7-15)5-11(18)8-16/h2-3,9-11,15-18H,4-8H2,1H3. The quantitative estimate of drug-likeness (QED) is 0.467. The Morgan fingerprint density at radius 1 is 1.22 bits per heavy atom. The van der Waals surface area contributed by atoms with Gasteiger partial charge in [0, 0.05) is 31.1 Å². The van der Waals surface area contributed by atoms with Crippen molar-refractivity contribution < 1.29 is 20.4 Å². The van der Waals surface area contributed by atoms with Crippen molar-refractivity contribution in [2.75, 3.05) is 26.8 Å². The van der Waals surface area contributed by atoms with E-state index in [1.165, 1.54) is 0 Å². The monoisotopic (exact) mass is 258 g/mol. The van der Waals surface area contributed by atoms with Gasteiger partial charge in [-0.25, -0.2) is 0 Å². The summed E-state index contributed by atoms with van der Waals surface area (Å²) in [4.78, 5) is 6.21. The lowest BCUT2D eigenvalue weighted by molar-refractivity contribution is 0.0553. The van der Waals surface area contributed by atoms with Crippen molar-refractivity contribution >= 4 is 5.71 Å². The largest absolute Gasteiger partial charge is 0.394 e. The highest BCUT2D eigenvalue weighted by molar-refractivity contribution is 5.89. The topological polar surface area (TPSA) is 96.5 Å². The second-order valence-electron chi connectivity index (χ2n) is 4.67. The first kappa shape index (κ1) is 15.1. The molecule has 1 rings (SSSR count). The molecule has 1 aliphatic heterocycles. The fourth-order valence-corrected chi connectivity index (χ4v) is 2.00. The molecule has 6 heteroatoms. The van der Waals surface area contributed by atoms with Crippen LogP contribution in [0.25, 0.3) is 0 Å². The van der Waals surface area contributed by atoms with E-state index < -0.39 is 12.2 Å². The summed E-state index contributed by atoms with van der Waals surface area (Å²) in [7, 11) is 1.91. The summed E-state index contributed by atoms with van der Waals surface area (Å²) < 4.78 is 0. The van der Waals surface area contributed by atoms with E-state index in [0.29, 0.717) is 19.4 Å². The van der Waals surface area contributed by atoms with Gasteiger partial charge in [-0.05, 0) is 12.8 Å². The smallest absolute Gasteiger partial charge is 0.0777 e. The van der Waals surface area contributed by atoms with E-state index in [9.17, 15) is 10.2 Å². The average molecular weight is 258 g/mol. The maximum absolute atomic E-state index is 9.53. The molecule has 4 N–H and O–H groups in total. The minimum atomic E-state index is -0.834. The lowest BCUT2D eigenvalue weighted by atomic mass is 9.90. The van der Waals surface area contributed by atoms with E-state index in [4.69, 9.17) is 10.2 Å². The predicted molar refractivity (Wildman–Crippen MR) is 68.1 cm³/mol. The van der Waals surface area contributed by atoms with E-state index in [0.717, 1.165) is 5.71 Å². The van der Waals surface area contributed by atoms with Gasteiger partial charge < -0.3 is 25.3 Å². The number of hydrogen-bond donors (Lipinski definition) is 4. The van der Waals surface area contributed by atoms with Gasteiger partial charge in [-0.1, -0.05) is 0 Å². The van der Waals surface area contributed by atoms with Crippen LogP contribution in [0, 0.1) is 5.92 Å². The van der Waals surface area contributed by atoms with Gasteiger partial charge in [0.25, 0.3) is 0 Å². The van der Waals surface area contributed by atoms with Gasteiger partial charge in [0.1, 0.15) is 0 Å². The van der Waals surface area contributed by atoms with E-state index in [1.807, 2.05) is 18.1 Å². The van der Waals surface area contributed by atoms with Crippen molar-refractivity contribution in [1.82, 2.24) is 4.90 Å². The van der Waals surface area contributed by atoms with E-state index in [-0.39, 0.29) is 19.1 Å². The van der Waals surface area contributed by atoms with E-state index in [2.05, 4.69) is 4.99 Å². The second-order valence-corrected chi connectivity index (χ2v) is 4.67. The Morgan fingerprint density at radius 2 is 1.78 bits per heavy atom. The van der Waals surface area contributed by atoms with Crippen LogP contribution in [0.3, 0.4) is 0 Å². The zero-order chi connectivity index (χ0) is 13.5. The van der Waals surface area contributed by atoms with Gasteiger partial charge in [-0.15, -0.1) is 0 Å². The van der Waals surface area contributed by atoms with Gasteiger partial charge in [0.15, 0.2) is 0 Å². The van der Waals surface area contributed by atoms with Gasteiger partial charge in [-0.3, -0.25) is 4.99 Å². The molecule has 2 atom stereocenters. The fraction of sp³-hybridized carbons (Fsp3) is 0.750. The number of aliphatic hydroxyl groups is 4. The number of nitrogens with zero attached hydrogens (tertiary/aromatic N) is 2. The van der Waals surface area contributed by atoms with Crippen LogP contribution in [0.4, 0.5) is 0 Å². The highest BCUT2D eigenvalue weighted by Gasteiger charge is 2.24. The van der Waals surface area contributed by atoms with Crippen LogP contribution in [0.1, 0.15) is 12.8 Å². The summed E-state index contributed by atoms with van der Waals surface area (Å²) in [5.41, 5.74) is 0.847. The van der Waals surface area contributed by atoms with Crippen LogP contribution < -0.4 is 0 Å². The molecular formula is C12H22N2O4. The van der Waals surface area contributed by atoms with Crippen LogP contribution >= 0.6 is 0 Å². The van der Waals surface area contributed by atoms with Crippen molar-refractivity contribution in [3.63, 3.8) is 0 Å². The first-order valence-electron chi connectivity index (χ1n) is 6.08. The Labute approximate surface area is 107 Å². The van der Waals surface area contributed by atoms with E-state index in [1.54, 1.807) is 6.20 Å². The summed E-state index contributed by atoms with van der Waals surface area (Å²) in [6.07, 6.45) is 2.50. The molecule has 104 valence electrons. The average Bonchev–Trinajstić information content (AvgIpc) is 2.37.